The van der Waals surface area contributed by atoms with Crippen LogP contribution in [0.5, 0.6) is 0 Å². The van der Waals surface area contributed by atoms with Gasteiger partial charge in [-0.05, 0) is 19.1 Å². The number of amides is 1. The van der Waals surface area contributed by atoms with Gasteiger partial charge in [-0.15, -0.1) is 5.10 Å². The van der Waals surface area contributed by atoms with Crippen LogP contribution in [0.25, 0.3) is 5.69 Å². The van der Waals surface area contributed by atoms with Crippen LogP contribution >= 0.6 is 0 Å². The van der Waals surface area contributed by atoms with Gasteiger partial charge < -0.3 is 15.2 Å². The Morgan fingerprint density at radius 1 is 1.32 bits per heavy atom. The van der Waals surface area contributed by atoms with Gasteiger partial charge in [-0.2, -0.15) is 0 Å². The smallest absolute Gasteiger partial charge is 0.329 e. The maximum Gasteiger partial charge on any atom is 0.329 e. The molecule has 0 aliphatic heterocycles. The number of hydrogen-bond donors (Lipinski definition) is 2. The van der Waals surface area contributed by atoms with Crippen LogP contribution in [0.1, 0.15) is 16.1 Å². The van der Waals surface area contributed by atoms with Gasteiger partial charge >= 0.3 is 5.97 Å². The van der Waals surface area contributed by atoms with Crippen molar-refractivity contribution < 1.29 is 19.4 Å². The summed E-state index contributed by atoms with van der Waals surface area (Å²) in [7, 11) is 0. The average molecular weight is 304 g/mol. The highest BCUT2D eigenvalue weighted by Crippen LogP contribution is 2.08. The summed E-state index contributed by atoms with van der Waals surface area (Å²) in [5.41, 5.74) is 2.11. The van der Waals surface area contributed by atoms with E-state index >= 15 is 0 Å². The molecular formula is C14H16N4O4. The Bertz CT molecular complexity index is 651. The molecule has 1 amide bonds. The topological polar surface area (TPSA) is 106 Å². The molecule has 0 aliphatic carbocycles. The highest BCUT2D eigenvalue weighted by molar-refractivity contribution is 5.91. The second-order valence-corrected chi connectivity index (χ2v) is 4.59. The normalized spacial score (nSPS) is 10.4. The first-order valence-corrected chi connectivity index (χ1v) is 6.63. The fourth-order valence-electron chi connectivity index (χ4n) is 1.68. The van der Waals surface area contributed by atoms with Gasteiger partial charge in [0.15, 0.2) is 5.69 Å². The van der Waals surface area contributed by atoms with Gasteiger partial charge in [0.05, 0.1) is 18.5 Å². The molecule has 8 nitrogen and oxygen atoms in total. The number of carboxylic acid groups (broad SMARTS) is 1. The summed E-state index contributed by atoms with van der Waals surface area (Å²) in [6.45, 7) is 1.91. The molecule has 1 aromatic carbocycles. The average Bonchev–Trinajstić information content (AvgIpc) is 2.97. The summed E-state index contributed by atoms with van der Waals surface area (Å²) in [5.74, 6) is -1.44. The van der Waals surface area contributed by atoms with Crippen molar-refractivity contribution in [3.8, 4) is 5.69 Å². The summed E-state index contributed by atoms with van der Waals surface area (Å²) in [6, 6.07) is 7.64. The Kier molecular flexibility index (Phi) is 5.21. The van der Waals surface area contributed by atoms with Crippen molar-refractivity contribution in [2.45, 2.75) is 6.92 Å². The van der Waals surface area contributed by atoms with E-state index in [4.69, 9.17) is 9.84 Å². The van der Waals surface area contributed by atoms with Gasteiger partial charge in [0, 0.05) is 6.54 Å². The number of aliphatic carboxylic acids is 1. The second-order valence-electron chi connectivity index (χ2n) is 4.59. The van der Waals surface area contributed by atoms with Gasteiger partial charge in [-0.1, -0.05) is 22.9 Å². The summed E-state index contributed by atoms with van der Waals surface area (Å²) in [5, 5.41) is 18.7. The van der Waals surface area contributed by atoms with Crippen LogP contribution in [0.3, 0.4) is 0 Å². The standard InChI is InChI=1S/C14H16N4O4/c1-10-2-4-11(5-3-10)18-8-12(16-17-18)14(21)15-6-7-22-9-13(19)20/h2-5,8H,6-7,9H2,1H3,(H,15,21)(H,19,20). The fourth-order valence-corrected chi connectivity index (χ4v) is 1.68. The third kappa shape index (κ3) is 4.38. The zero-order chi connectivity index (χ0) is 15.9. The number of hydrogen-bond acceptors (Lipinski definition) is 5. The lowest BCUT2D eigenvalue weighted by atomic mass is 10.2. The maximum absolute atomic E-state index is 11.8. The Morgan fingerprint density at radius 2 is 2.05 bits per heavy atom. The number of carbonyl (C=O) groups excluding carboxylic acids is 1. The van der Waals surface area contributed by atoms with Crippen LogP contribution in [0.4, 0.5) is 0 Å². The number of rotatable bonds is 7. The molecule has 1 heterocycles. The van der Waals surface area contributed by atoms with E-state index in [-0.39, 0.29) is 25.5 Å². The van der Waals surface area contributed by atoms with Gasteiger partial charge in [0.1, 0.15) is 6.61 Å². The lowest BCUT2D eigenvalue weighted by Gasteiger charge is -2.02. The monoisotopic (exact) mass is 304 g/mol. The summed E-state index contributed by atoms with van der Waals surface area (Å²) < 4.78 is 6.32. The third-order valence-electron chi connectivity index (χ3n) is 2.78. The second kappa shape index (κ2) is 7.32. The first-order chi connectivity index (χ1) is 10.6. The Labute approximate surface area is 126 Å². The SMILES string of the molecule is Cc1ccc(-n2cc(C(=O)NCCOCC(=O)O)nn2)cc1. The van der Waals surface area contributed by atoms with Gasteiger partial charge in [0.2, 0.25) is 0 Å². The van der Waals surface area contributed by atoms with Crippen molar-refractivity contribution in [1.82, 2.24) is 20.3 Å². The quantitative estimate of drug-likeness (QED) is 0.717. The van der Waals surface area contributed by atoms with E-state index in [2.05, 4.69) is 15.6 Å². The zero-order valence-electron chi connectivity index (χ0n) is 12.0. The largest absolute Gasteiger partial charge is 0.480 e. The number of nitrogens with one attached hydrogen (secondary N) is 1. The number of carboxylic acids is 1. The number of benzene rings is 1. The van der Waals surface area contributed by atoms with Crippen LogP contribution < -0.4 is 5.32 Å². The maximum atomic E-state index is 11.8. The molecule has 0 spiro atoms. The fraction of sp³-hybridized carbons (Fsp3) is 0.286. The van der Waals surface area contributed by atoms with E-state index in [0.717, 1.165) is 11.3 Å². The lowest BCUT2D eigenvalue weighted by molar-refractivity contribution is -0.142. The number of ether oxygens (including phenoxy) is 1. The van der Waals surface area contributed by atoms with Crippen molar-refractivity contribution in [3.05, 3.63) is 41.7 Å². The summed E-state index contributed by atoms with van der Waals surface area (Å²) in [6.07, 6.45) is 1.53. The van der Waals surface area contributed by atoms with Gasteiger partial charge in [-0.3, -0.25) is 4.79 Å². The molecule has 0 unspecified atom stereocenters. The Morgan fingerprint density at radius 3 is 2.73 bits per heavy atom. The molecule has 0 saturated heterocycles. The van der Waals surface area contributed by atoms with Gasteiger partial charge in [0.25, 0.3) is 5.91 Å². The predicted molar refractivity (Wildman–Crippen MR) is 76.9 cm³/mol. The highest BCUT2D eigenvalue weighted by atomic mass is 16.5. The van der Waals surface area contributed by atoms with Crippen molar-refractivity contribution >= 4 is 11.9 Å². The summed E-state index contributed by atoms with van der Waals surface area (Å²) in [4.78, 5) is 22.1. The van der Waals surface area contributed by atoms with E-state index in [1.165, 1.54) is 10.9 Å². The van der Waals surface area contributed by atoms with Crippen molar-refractivity contribution in [2.75, 3.05) is 19.8 Å². The Hall–Kier alpha value is -2.74. The molecule has 2 N–H and O–H groups in total. The van der Waals surface area contributed by atoms with E-state index in [1.54, 1.807) is 0 Å². The van der Waals surface area contributed by atoms with E-state index in [9.17, 15) is 9.59 Å². The number of aromatic nitrogens is 3. The predicted octanol–water partition coefficient (Wildman–Crippen LogP) is 0.407. The molecule has 8 heteroatoms. The van der Waals surface area contributed by atoms with Gasteiger partial charge in [-0.25, -0.2) is 9.48 Å². The summed E-state index contributed by atoms with van der Waals surface area (Å²) >= 11 is 0. The molecule has 1 aromatic heterocycles. The molecule has 0 bridgehead atoms. The molecule has 2 rings (SSSR count). The molecular weight excluding hydrogens is 288 g/mol. The number of aryl methyl sites for hydroxylation is 1. The van der Waals surface area contributed by atoms with E-state index < -0.39 is 11.9 Å². The van der Waals surface area contributed by atoms with Crippen molar-refractivity contribution in [1.29, 1.82) is 0 Å². The van der Waals surface area contributed by atoms with E-state index in [1.807, 2.05) is 31.2 Å². The molecule has 22 heavy (non-hydrogen) atoms. The molecule has 0 atom stereocenters. The third-order valence-corrected chi connectivity index (χ3v) is 2.78. The first kappa shape index (κ1) is 15.6. The van der Waals surface area contributed by atoms with Crippen LogP contribution in [-0.2, 0) is 9.53 Å². The van der Waals surface area contributed by atoms with E-state index in [0.29, 0.717) is 0 Å². The van der Waals surface area contributed by atoms with Crippen molar-refractivity contribution in [3.63, 3.8) is 0 Å². The minimum absolute atomic E-state index is 0.115. The molecule has 0 aliphatic rings. The lowest BCUT2D eigenvalue weighted by Crippen LogP contribution is -2.28. The molecule has 0 fully saturated rings. The van der Waals surface area contributed by atoms with Crippen LogP contribution in [0.2, 0.25) is 0 Å². The number of carbonyl (C=O) groups is 2. The minimum atomic E-state index is -1.05. The van der Waals surface area contributed by atoms with Crippen LogP contribution in [-0.4, -0.2) is 51.7 Å². The minimum Gasteiger partial charge on any atom is -0.480 e. The molecule has 116 valence electrons. The zero-order valence-corrected chi connectivity index (χ0v) is 12.0. The first-order valence-electron chi connectivity index (χ1n) is 6.63. The van der Waals surface area contributed by atoms with Crippen molar-refractivity contribution in [2.24, 2.45) is 0 Å². The Balaban J connectivity index is 1.86. The highest BCUT2D eigenvalue weighted by Gasteiger charge is 2.11. The number of nitrogens with zero attached hydrogens (tertiary/aromatic N) is 3. The molecule has 2 aromatic rings. The molecule has 0 saturated carbocycles. The van der Waals surface area contributed by atoms with Crippen LogP contribution in [0.15, 0.2) is 30.5 Å². The molecule has 0 radical (unpaired) electrons. The van der Waals surface area contributed by atoms with Crippen LogP contribution in [0, 0.1) is 6.92 Å².